The molecule has 1 aliphatic heterocycles. The molecule has 0 spiro atoms. The molecule has 1 aliphatic rings. The number of halogens is 1. The maximum absolute atomic E-state index is 5.98. The highest BCUT2D eigenvalue weighted by Crippen LogP contribution is 2.30. The second-order valence-corrected chi connectivity index (χ2v) is 5.38. The van der Waals surface area contributed by atoms with E-state index in [4.69, 9.17) is 11.6 Å². The zero-order chi connectivity index (χ0) is 14.7. The Labute approximate surface area is 130 Å². The monoisotopic (exact) mass is 296 g/mol. The summed E-state index contributed by atoms with van der Waals surface area (Å²) in [5, 5.41) is 7.19. The number of allylic oxidation sites excluding steroid dienone is 2. The Morgan fingerprint density at radius 1 is 0.952 bits per heavy atom. The molecule has 0 atom stereocenters. The fraction of sp³-hybridized carbons (Fsp3) is 0.111. The van der Waals surface area contributed by atoms with Crippen LogP contribution < -0.4 is 10.6 Å². The molecule has 0 amide bonds. The van der Waals surface area contributed by atoms with Gasteiger partial charge in [0.1, 0.15) is 0 Å². The van der Waals surface area contributed by atoms with Gasteiger partial charge in [-0.3, -0.25) is 0 Å². The van der Waals surface area contributed by atoms with Gasteiger partial charge >= 0.3 is 0 Å². The van der Waals surface area contributed by atoms with Crippen LogP contribution in [0.2, 0.25) is 5.02 Å². The molecule has 0 radical (unpaired) electrons. The van der Waals surface area contributed by atoms with Crippen LogP contribution in [0, 0.1) is 0 Å². The topological polar surface area (TPSA) is 24.1 Å². The van der Waals surface area contributed by atoms with Crippen LogP contribution in [0.1, 0.15) is 11.1 Å². The van der Waals surface area contributed by atoms with Gasteiger partial charge in [0, 0.05) is 24.3 Å². The summed E-state index contributed by atoms with van der Waals surface area (Å²) >= 11 is 5.98. The molecule has 0 bridgehead atoms. The smallest absolute Gasteiger partial charge is 0.0407 e. The number of nitrogens with one attached hydrogen (secondary N) is 2. The van der Waals surface area contributed by atoms with Crippen molar-refractivity contribution in [2.45, 2.75) is 0 Å². The van der Waals surface area contributed by atoms with Crippen molar-refractivity contribution >= 4 is 28.4 Å². The van der Waals surface area contributed by atoms with E-state index in [1.165, 1.54) is 22.3 Å². The van der Waals surface area contributed by atoms with Gasteiger partial charge < -0.3 is 10.6 Å². The lowest BCUT2D eigenvalue weighted by molar-refractivity contribution is 0.989. The van der Waals surface area contributed by atoms with E-state index >= 15 is 0 Å². The van der Waals surface area contributed by atoms with Gasteiger partial charge in [-0.25, -0.2) is 0 Å². The predicted octanol–water partition coefficient (Wildman–Crippen LogP) is 4.41. The minimum absolute atomic E-state index is 0.763. The average Bonchev–Trinajstić information content (AvgIpc) is 2.56. The molecule has 0 aromatic heterocycles. The molecule has 0 saturated carbocycles. The quantitative estimate of drug-likeness (QED) is 0.877. The molecule has 0 fully saturated rings. The number of anilines is 1. The molecular formula is C18H17ClN2. The first-order valence-corrected chi connectivity index (χ1v) is 7.33. The molecule has 1 heterocycles. The Kier molecular flexibility index (Phi) is 3.98. The largest absolute Gasteiger partial charge is 0.388 e. The molecule has 106 valence electrons. The summed E-state index contributed by atoms with van der Waals surface area (Å²) in [6, 6.07) is 16.5. The van der Waals surface area contributed by atoms with Crippen LogP contribution in [-0.4, -0.2) is 13.6 Å². The van der Waals surface area contributed by atoms with E-state index in [-0.39, 0.29) is 0 Å². The molecule has 0 aliphatic carbocycles. The maximum Gasteiger partial charge on any atom is 0.0407 e. The van der Waals surface area contributed by atoms with Crippen LogP contribution in [0.5, 0.6) is 0 Å². The summed E-state index contributed by atoms with van der Waals surface area (Å²) in [7, 11) is 1.93. The number of benzene rings is 2. The number of dihydropyridines is 1. The van der Waals surface area contributed by atoms with Crippen molar-refractivity contribution in [3.63, 3.8) is 0 Å². The third-order valence-corrected chi connectivity index (χ3v) is 3.90. The van der Waals surface area contributed by atoms with Crippen molar-refractivity contribution in [2.75, 3.05) is 18.9 Å². The minimum Gasteiger partial charge on any atom is -0.388 e. The minimum atomic E-state index is 0.763. The Bertz CT molecular complexity index is 682. The molecule has 0 unspecified atom stereocenters. The first-order valence-electron chi connectivity index (χ1n) is 6.95. The average molecular weight is 297 g/mol. The molecule has 2 aromatic rings. The van der Waals surface area contributed by atoms with Gasteiger partial charge in [0.25, 0.3) is 0 Å². The fourth-order valence-corrected chi connectivity index (χ4v) is 2.62. The van der Waals surface area contributed by atoms with Crippen molar-refractivity contribution < 1.29 is 0 Å². The normalized spacial score (nSPS) is 14.0. The SMILES string of the molecule is CNc1ccc(C2=C(c3ccc(Cl)cc3)CNC=C2)cc1. The van der Waals surface area contributed by atoms with Crippen LogP contribution in [-0.2, 0) is 0 Å². The molecule has 0 saturated heterocycles. The second-order valence-electron chi connectivity index (χ2n) is 4.94. The summed E-state index contributed by atoms with van der Waals surface area (Å²) in [4.78, 5) is 0. The Morgan fingerprint density at radius 2 is 1.62 bits per heavy atom. The predicted molar refractivity (Wildman–Crippen MR) is 91.4 cm³/mol. The van der Waals surface area contributed by atoms with Crippen LogP contribution in [0.15, 0.2) is 60.8 Å². The van der Waals surface area contributed by atoms with Crippen LogP contribution in [0.3, 0.4) is 0 Å². The molecule has 3 rings (SSSR count). The van der Waals surface area contributed by atoms with E-state index in [2.05, 4.69) is 53.1 Å². The number of hydrogen-bond acceptors (Lipinski definition) is 2. The van der Waals surface area contributed by atoms with E-state index in [0.717, 1.165) is 17.3 Å². The highest BCUT2D eigenvalue weighted by molar-refractivity contribution is 6.30. The van der Waals surface area contributed by atoms with Gasteiger partial charge in [-0.15, -0.1) is 0 Å². The summed E-state index contributed by atoms with van der Waals surface area (Å²) in [6.45, 7) is 0.821. The number of rotatable bonds is 3. The maximum atomic E-state index is 5.98. The standard InChI is InChI=1S/C18H17ClN2/c1-20-16-8-4-13(5-9-16)17-10-11-21-12-18(17)14-2-6-15(19)7-3-14/h2-11,20-21H,12H2,1H3. The lowest BCUT2D eigenvalue weighted by Crippen LogP contribution is -2.14. The first-order chi connectivity index (χ1) is 10.3. The first kappa shape index (κ1) is 13.8. The molecular weight excluding hydrogens is 280 g/mol. The lowest BCUT2D eigenvalue weighted by Gasteiger charge is -2.18. The van der Waals surface area contributed by atoms with E-state index in [1.807, 2.05) is 25.4 Å². The van der Waals surface area contributed by atoms with Crippen molar-refractivity contribution in [1.82, 2.24) is 5.32 Å². The van der Waals surface area contributed by atoms with Crippen molar-refractivity contribution in [2.24, 2.45) is 0 Å². The van der Waals surface area contributed by atoms with Crippen LogP contribution >= 0.6 is 11.6 Å². The van der Waals surface area contributed by atoms with Crippen molar-refractivity contribution in [3.8, 4) is 0 Å². The summed E-state index contributed by atoms with van der Waals surface area (Å²) < 4.78 is 0. The van der Waals surface area contributed by atoms with E-state index in [0.29, 0.717) is 0 Å². The van der Waals surface area contributed by atoms with Gasteiger partial charge in [-0.05, 0) is 58.8 Å². The zero-order valence-corrected chi connectivity index (χ0v) is 12.6. The Morgan fingerprint density at radius 3 is 2.29 bits per heavy atom. The van der Waals surface area contributed by atoms with Gasteiger partial charge in [0.15, 0.2) is 0 Å². The highest BCUT2D eigenvalue weighted by Gasteiger charge is 2.12. The Hall–Kier alpha value is -2.19. The molecule has 3 heteroatoms. The third-order valence-electron chi connectivity index (χ3n) is 3.65. The van der Waals surface area contributed by atoms with E-state index in [9.17, 15) is 0 Å². The molecule has 2 aromatic carbocycles. The summed E-state index contributed by atoms with van der Waals surface area (Å²) in [5.74, 6) is 0. The summed E-state index contributed by atoms with van der Waals surface area (Å²) in [6.07, 6.45) is 4.13. The molecule has 2 N–H and O–H groups in total. The lowest BCUT2D eigenvalue weighted by atomic mass is 9.93. The van der Waals surface area contributed by atoms with Gasteiger partial charge in [-0.1, -0.05) is 35.9 Å². The third kappa shape index (κ3) is 2.96. The fourth-order valence-electron chi connectivity index (χ4n) is 2.49. The van der Waals surface area contributed by atoms with Crippen molar-refractivity contribution in [3.05, 3.63) is 77.0 Å². The van der Waals surface area contributed by atoms with E-state index in [1.54, 1.807) is 0 Å². The highest BCUT2D eigenvalue weighted by atomic mass is 35.5. The second kappa shape index (κ2) is 6.06. The van der Waals surface area contributed by atoms with Gasteiger partial charge in [0.05, 0.1) is 0 Å². The zero-order valence-electron chi connectivity index (χ0n) is 11.9. The van der Waals surface area contributed by atoms with Crippen LogP contribution in [0.25, 0.3) is 11.1 Å². The Balaban J connectivity index is 2.06. The van der Waals surface area contributed by atoms with Gasteiger partial charge in [-0.2, -0.15) is 0 Å². The number of hydrogen-bond donors (Lipinski definition) is 2. The van der Waals surface area contributed by atoms with Crippen molar-refractivity contribution in [1.29, 1.82) is 0 Å². The van der Waals surface area contributed by atoms with Crippen LogP contribution in [0.4, 0.5) is 5.69 Å². The molecule has 21 heavy (non-hydrogen) atoms. The summed E-state index contributed by atoms with van der Waals surface area (Å²) in [5.41, 5.74) is 6.07. The molecule has 2 nitrogen and oxygen atoms in total. The van der Waals surface area contributed by atoms with E-state index < -0.39 is 0 Å². The van der Waals surface area contributed by atoms with Gasteiger partial charge in [0.2, 0.25) is 0 Å².